The minimum Gasteiger partial charge on any atom is -0.505 e. The van der Waals surface area contributed by atoms with Crippen LogP contribution < -0.4 is 11.1 Å². The highest BCUT2D eigenvalue weighted by molar-refractivity contribution is 6.11. The summed E-state index contributed by atoms with van der Waals surface area (Å²) in [5.41, 5.74) is 7.04. The van der Waals surface area contributed by atoms with E-state index in [9.17, 15) is 9.90 Å². The van der Waals surface area contributed by atoms with Gasteiger partial charge in [-0.25, -0.2) is 4.98 Å². The van der Waals surface area contributed by atoms with Gasteiger partial charge in [0.15, 0.2) is 5.75 Å². The van der Waals surface area contributed by atoms with Gasteiger partial charge in [-0.15, -0.1) is 0 Å². The van der Waals surface area contributed by atoms with Crippen molar-refractivity contribution in [3.8, 4) is 5.75 Å². The van der Waals surface area contributed by atoms with Crippen LogP contribution in [0.25, 0.3) is 10.8 Å². The molecular formula is C17H15N3O2. The van der Waals surface area contributed by atoms with Crippen LogP contribution in [0.4, 0.5) is 11.5 Å². The number of nitrogen functional groups attached to an aromatic ring is 1. The molecule has 0 spiro atoms. The standard InChI is InChI=1S/C17H15N3O2/c1-10-5-4-8-14(19-10)20-17(22)13-9-11-6-2-3-7-12(11)15(18)16(13)21/h2-9,21H,18H2,1H3,(H,19,20,22). The molecule has 0 unspecified atom stereocenters. The number of pyridine rings is 1. The number of anilines is 2. The number of amides is 1. The van der Waals surface area contributed by atoms with Crippen molar-refractivity contribution in [3.05, 3.63) is 59.8 Å². The van der Waals surface area contributed by atoms with Crippen LogP contribution in [0.5, 0.6) is 5.75 Å². The summed E-state index contributed by atoms with van der Waals surface area (Å²) < 4.78 is 0. The van der Waals surface area contributed by atoms with E-state index < -0.39 is 5.91 Å². The number of phenols is 1. The molecule has 1 aromatic heterocycles. The lowest BCUT2D eigenvalue weighted by molar-refractivity contribution is 0.102. The van der Waals surface area contributed by atoms with Gasteiger partial charge in [0.25, 0.3) is 5.91 Å². The van der Waals surface area contributed by atoms with E-state index in [0.29, 0.717) is 11.2 Å². The summed E-state index contributed by atoms with van der Waals surface area (Å²) >= 11 is 0. The number of aromatic hydroxyl groups is 1. The molecule has 0 fully saturated rings. The molecule has 110 valence electrons. The number of carbonyl (C=O) groups excluding carboxylic acids is 1. The van der Waals surface area contributed by atoms with E-state index in [-0.39, 0.29) is 17.0 Å². The molecule has 0 aliphatic heterocycles. The molecular weight excluding hydrogens is 278 g/mol. The number of benzene rings is 2. The molecule has 4 N–H and O–H groups in total. The Morgan fingerprint density at radius 1 is 1.18 bits per heavy atom. The molecule has 3 aromatic rings. The van der Waals surface area contributed by atoms with Gasteiger partial charge in [0.2, 0.25) is 0 Å². The predicted molar refractivity (Wildman–Crippen MR) is 87.0 cm³/mol. The van der Waals surface area contributed by atoms with Crippen LogP contribution >= 0.6 is 0 Å². The Hall–Kier alpha value is -3.08. The Morgan fingerprint density at radius 3 is 2.73 bits per heavy atom. The van der Waals surface area contributed by atoms with Crippen LogP contribution in [0.2, 0.25) is 0 Å². The Labute approximate surface area is 127 Å². The third-order valence-corrected chi connectivity index (χ3v) is 3.44. The number of fused-ring (bicyclic) bond motifs is 1. The zero-order valence-electron chi connectivity index (χ0n) is 12.0. The normalized spacial score (nSPS) is 10.6. The number of hydrogen-bond acceptors (Lipinski definition) is 4. The number of aromatic nitrogens is 1. The minimum absolute atomic E-state index is 0.125. The first-order chi connectivity index (χ1) is 10.6. The van der Waals surface area contributed by atoms with Gasteiger partial charge in [0.1, 0.15) is 5.82 Å². The van der Waals surface area contributed by atoms with Gasteiger partial charge in [0, 0.05) is 11.1 Å². The van der Waals surface area contributed by atoms with Gasteiger partial charge < -0.3 is 16.2 Å². The Balaban J connectivity index is 2.02. The molecule has 0 atom stereocenters. The van der Waals surface area contributed by atoms with Crippen LogP contribution in [0.3, 0.4) is 0 Å². The maximum Gasteiger partial charge on any atom is 0.260 e. The van der Waals surface area contributed by atoms with Crippen LogP contribution in [0.1, 0.15) is 16.1 Å². The third kappa shape index (κ3) is 2.44. The van der Waals surface area contributed by atoms with Crippen molar-refractivity contribution in [2.45, 2.75) is 6.92 Å². The molecule has 5 heteroatoms. The fourth-order valence-electron chi connectivity index (χ4n) is 2.33. The first-order valence-corrected chi connectivity index (χ1v) is 6.81. The number of aryl methyl sites for hydroxylation is 1. The predicted octanol–water partition coefficient (Wildman–Crippen LogP) is 3.08. The van der Waals surface area contributed by atoms with Crippen LogP contribution in [0, 0.1) is 6.92 Å². The SMILES string of the molecule is Cc1cccc(NC(=O)c2cc3ccccc3c(N)c2O)n1. The molecule has 3 rings (SSSR count). The fraction of sp³-hybridized carbons (Fsp3) is 0.0588. The lowest BCUT2D eigenvalue weighted by atomic mass is 10.0. The van der Waals surface area contributed by atoms with Crippen molar-refractivity contribution in [1.29, 1.82) is 0 Å². The Kier molecular flexibility index (Phi) is 3.39. The highest BCUT2D eigenvalue weighted by Gasteiger charge is 2.16. The summed E-state index contributed by atoms with van der Waals surface area (Å²) in [6.07, 6.45) is 0. The van der Waals surface area contributed by atoms with Gasteiger partial charge in [-0.05, 0) is 30.5 Å². The van der Waals surface area contributed by atoms with E-state index in [1.54, 1.807) is 24.3 Å². The molecule has 1 heterocycles. The molecule has 1 amide bonds. The molecule has 0 aliphatic rings. The second-order valence-electron chi connectivity index (χ2n) is 5.03. The molecule has 0 bridgehead atoms. The van der Waals surface area contributed by atoms with Crippen molar-refractivity contribution in [2.24, 2.45) is 0 Å². The molecule has 5 nitrogen and oxygen atoms in total. The Bertz CT molecular complexity index is 875. The van der Waals surface area contributed by atoms with E-state index in [1.165, 1.54) is 0 Å². The zero-order chi connectivity index (χ0) is 15.7. The summed E-state index contributed by atoms with van der Waals surface area (Å²) in [5.74, 6) is -0.243. The largest absolute Gasteiger partial charge is 0.505 e. The first-order valence-electron chi connectivity index (χ1n) is 6.81. The van der Waals surface area contributed by atoms with Crippen molar-refractivity contribution in [2.75, 3.05) is 11.1 Å². The van der Waals surface area contributed by atoms with Gasteiger partial charge >= 0.3 is 0 Å². The monoisotopic (exact) mass is 293 g/mol. The van der Waals surface area contributed by atoms with Crippen LogP contribution in [-0.2, 0) is 0 Å². The number of nitrogens with zero attached hydrogens (tertiary/aromatic N) is 1. The molecule has 2 aromatic carbocycles. The van der Waals surface area contributed by atoms with Crippen molar-refractivity contribution in [1.82, 2.24) is 4.98 Å². The number of nitrogens with two attached hydrogens (primary N) is 1. The van der Waals surface area contributed by atoms with E-state index in [0.717, 1.165) is 11.1 Å². The quantitative estimate of drug-likeness (QED) is 0.500. The highest BCUT2D eigenvalue weighted by Crippen LogP contribution is 2.33. The third-order valence-electron chi connectivity index (χ3n) is 3.44. The lowest BCUT2D eigenvalue weighted by Crippen LogP contribution is -2.14. The van der Waals surface area contributed by atoms with E-state index in [4.69, 9.17) is 5.73 Å². The fourth-order valence-corrected chi connectivity index (χ4v) is 2.33. The van der Waals surface area contributed by atoms with Gasteiger partial charge in [-0.3, -0.25) is 4.79 Å². The average Bonchev–Trinajstić information content (AvgIpc) is 2.51. The number of rotatable bonds is 2. The lowest BCUT2D eigenvalue weighted by Gasteiger charge is -2.11. The maximum atomic E-state index is 12.4. The van der Waals surface area contributed by atoms with E-state index in [1.807, 2.05) is 31.2 Å². The number of carbonyl (C=O) groups is 1. The molecule has 0 saturated heterocycles. The van der Waals surface area contributed by atoms with Crippen molar-refractivity contribution in [3.63, 3.8) is 0 Å². The molecule has 22 heavy (non-hydrogen) atoms. The second-order valence-corrected chi connectivity index (χ2v) is 5.03. The maximum absolute atomic E-state index is 12.4. The smallest absolute Gasteiger partial charge is 0.260 e. The summed E-state index contributed by atoms with van der Waals surface area (Å²) in [5, 5.41) is 14.4. The molecule has 0 aliphatic carbocycles. The number of nitrogens with one attached hydrogen (secondary N) is 1. The number of hydrogen-bond donors (Lipinski definition) is 3. The molecule has 0 saturated carbocycles. The van der Waals surface area contributed by atoms with Gasteiger partial charge in [-0.2, -0.15) is 0 Å². The van der Waals surface area contributed by atoms with Crippen LogP contribution in [0.15, 0.2) is 48.5 Å². The zero-order valence-corrected chi connectivity index (χ0v) is 12.0. The summed E-state index contributed by atoms with van der Waals surface area (Å²) in [4.78, 5) is 16.6. The Morgan fingerprint density at radius 2 is 1.95 bits per heavy atom. The highest BCUT2D eigenvalue weighted by atomic mass is 16.3. The summed E-state index contributed by atoms with van der Waals surface area (Å²) in [7, 11) is 0. The topological polar surface area (TPSA) is 88.2 Å². The van der Waals surface area contributed by atoms with Crippen LogP contribution in [-0.4, -0.2) is 16.0 Å². The van der Waals surface area contributed by atoms with Crippen molar-refractivity contribution >= 4 is 28.2 Å². The summed E-state index contributed by atoms with van der Waals surface area (Å²) in [6.45, 7) is 1.83. The van der Waals surface area contributed by atoms with Gasteiger partial charge in [0.05, 0.1) is 11.3 Å². The minimum atomic E-state index is -0.451. The summed E-state index contributed by atoms with van der Waals surface area (Å²) in [6, 6.07) is 14.3. The molecule has 0 radical (unpaired) electrons. The average molecular weight is 293 g/mol. The number of phenolic OH excluding ortho intramolecular Hbond substituents is 1. The first kappa shape index (κ1) is 13.9. The van der Waals surface area contributed by atoms with Gasteiger partial charge in [-0.1, -0.05) is 30.3 Å². The van der Waals surface area contributed by atoms with E-state index >= 15 is 0 Å². The van der Waals surface area contributed by atoms with Crippen molar-refractivity contribution < 1.29 is 9.90 Å². The second kappa shape index (κ2) is 5.37. The van der Waals surface area contributed by atoms with E-state index in [2.05, 4.69) is 10.3 Å².